The van der Waals surface area contributed by atoms with E-state index < -0.39 is 48.1 Å². The maximum absolute atomic E-state index is 12.9. The van der Waals surface area contributed by atoms with E-state index in [1.165, 1.54) is 4.74 Å². The predicted molar refractivity (Wildman–Crippen MR) is 44.5 cm³/mol. The Morgan fingerprint density at radius 1 is 0.577 bits per heavy atom. The van der Waals surface area contributed by atoms with E-state index in [2.05, 4.69) is 0 Å². The summed E-state index contributed by atoms with van der Waals surface area (Å²) in [5.41, 5.74) is -7.26. The Balaban J connectivity index is 6.60. The standard InChI is InChI=1S/C8HF15O3/c9-3(10,7(19,20)21)4(11,12)8(22,23)26-2(1(24)25,5(13,14)15)6(16,17)18/h(H,24,25). The molecular weight excluding hydrogens is 429 g/mol. The van der Waals surface area contributed by atoms with Crippen LogP contribution in [0.5, 0.6) is 0 Å². The van der Waals surface area contributed by atoms with Gasteiger partial charge in [-0.15, -0.1) is 0 Å². The molecule has 26 heavy (non-hydrogen) atoms. The summed E-state index contributed by atoms with van der Waals surface area (Å²) in [7, 11) is 0. The average molecular weight is 430 g/mol. The van der Waals surface area contributed by atoms with Gasteiger partial charge in [0, 0.05) is 0 Å². The molecule has 1 N–H and O–H groups in total. The number of carbonyl (C=O) groups is 1. The van der Waals surface area contributed by atoms with E-state index in [1.807, 2.05) is 0 Å². The van der Waals surface area contributed by atoms with Crippen LogP contribution >= 0.6 is 0 Å². The minimum absolute atomic E-state index is 1.45. The molecule has 0 bridgehead atoms. The van der Waals surface area contributed by atoms with Gasteiger partial charge >= 0.3 is 48.1 Å². The monoisotopic (exact) mass is 430 g/mol. The van der Waals surface area contributed by atoms with Crippen molar-refractivity contribution in [1.29, 1.82) is 0 Å². The van der Waals surface area contributed by atoms with E-state index >= 15 is 0 Å². The lowest BCUT2D eigenvalue weighted by Crippen LogP contribution is -2.71. The summed E-state index contributed by atoms with van der Waals surface area (Å²) in [5, 5.41) is 7.93. The first kappa shape index (κ1) is 24.4. The molecule has 0 spiro atoms. The van der Waals surface area contributed by atoms with E-state index in [1.54, 1.807) is 0 Å². The minimum atomic E-state index is -8.07. The number of halogens is 15. The molecule has 0 aromatic heterocycles. The van der Waals surface area contributed by atoms with Gasteiger partial charge in [-0.3, -0.25) is 4.74 Å². The maximum atomic E-state index is 12.9. The Morgan fingerprint density at radius 3 is 1.08 bits per heavy atom. The largest absolute Gasteiger partial charge is 0.479 e. The first-order valence-corrected chi connectivity index (χ1v) is 5.17. The number of carboxylic acids is 1. The minimum Gasteiger partial charge on any atom is -0.479 e. The lowest BCUT2D eigenvalue weighted by atomic mass is 10.0. The molecule has 0 aliphatic carbocycles. The van der Waals surface area contributed by atoms with Crippen molar-refractivity contribution in [2.45, 2.75) is 42.1 Å². The molecule has 3 nitrogen and oxygen atoms in total. The number of aliphatic carboxylic acids is 1. The highest BCUT2D eigenvalue weighted by Crippen LogP contribution is 2.57. The van der Waals surface area contributed by atoms with Crippen LogP contribution in [0.1, 0.15) is 0 Å². The van der Waals surface area contributed by atoms with E-state index in [9.17, 15) is 70.7 Å². The second kappa shape index (κ2) is 5.95. The zero-order chi connectivity index (χ0) is 21.8. The van der Waals surface area contributed by atoms with Crippen molar-refractivity contribution in [2.75, 3.05) is 0 Å². The third-order valence-electron chi connectivity index (χ3n) is 2.50. The van der Waals surface area contributed by atoms with Gasteiger partial charge in [0.25, 0.3) is 0 Å². The average Bonchev–Trinajstić information content (AvgIpc) is 2.30. The zero-order valence-corrected chi connectivity index (χ0v) is 10.9. The fourth-order valence-corrected chi connectivity index (χ4v) is 1.18. The highest BCUT2D eigenvalue weighted by Gasteiger charge is 2.88. The number of hydrogen-bond acceptors (Lipinski definition) is 2. The van der Waals surface area contributed by atoms with Crippen LogP contribution in [0.4, 0.5) is 65.9 Å². The van der Waals surface area contributed by atoms with Gasteiger partial charge in [-0.2, -0.15) is 65.9 Å². The summed E-state index contributed by atoms with van der Waals surface area (Å²) in [6.07, 6.45) is -30.6. The second-order valence-electron chi connectivity index (χ2n) is 4.25. The van der Waals surface area contributed by atoms with Gasteiger partial charge in [0.1, 0.15) is 0 Å². The summed E-state index contributed by atoms with van der Waals surface area (Å²) in [5.74, 6) is -20.5. The predicted octanol–water partition coefficient (Wildman–Crippen LogP) is 4.38. The van der Waals surface area contributed by atoms with Gasteiger partial charge in [-0.1, -0.05) is 0 Å². The Hall–Kier alpha value is -1.62. The SMILES string of the molecule is O=C(O)C(OC(F)(F)C(F)(F)C(F)(F)C(F)(F)F)(C(F)(F)F)C(F)(F)F. The van der Waals surface area contributed by atoms with Gasteiger partial charge in [-0.05, 0) is 0 Å². The second-order valence-corrected chi connectivity index (χ2v) is 4.25. The smallest absolute Gasteiger partial charge is 0.460 e. The normalized spacial score (nSPS) is 16.0. The topological polar surface area (TPSA) is 46.5 Å². The molecule has 0 atom stereocenters. The molecule has 0 radical (unpaired) electrons. The first-order chi connectivity index (χ1) is 10.9. The molecule has 18 heteroatoms. The van der Waals surface area contributed by atoms with Crippen LogP contribution in [0.2, 0.25) is 0 Å². The van der Waals surface area contributed by atoms with Crippen molar-refractivity contribution in [3.05, 3.63) is 0 Å². The lowest BCUT2D eigenvalue weighted by molar-refractivity contribution is -0.491. The van der Waals surface area contributed by atoms with Crippen LogP contribution < -0.4 is 0 Å². The van der Waals surface area contributed by atoms with E-state index in [-0.39, 0.29) is 0 Å². The lowest BCUT2D eigenvalue weighted by Gasteiger charge is -2.39. The molecular formula is C8HF15O3. The van der Waals surface area contributed by atoms with E-state index in [4.69, 9.17) is 5.11 Å². The first-order valence-electron chi connectivity index (χ1n) is 5.17. The Bertz CT molecular complexity index is 525. The maximum Gasteiger partial charge on any atom is 0.460 e. The van der Waals surface area contributed by atoms with E-state index in [0.29, 0.717) is 0 Å². The third-order valence-corrected chi connectivity index (χ3v) is 2.50. The van der Waals surface area contributed by atoms with Crippen molar-refractivity contribution in [2.24, 2.45) is 0 Å². The molecule has 0 aliphatic rings. The van der Waals surface area contributed by atoms with Crippen molar-refractivity contribution in [1.82, 2.24) is 0 Å². The Labute approximate surface area is 130 Å². The van der Waals surface area contributed by atoms with Gasteiger partial charge in [0.05, 0.1) is 0 Å². The van der Waals surface area contributed by atoms with Gasteiger partial charge in [0.2, 0.25) is 0 Å². The third kappa shape index (κ3) is 3.34. The van der Waals surface area contributed by atoms with Gasteiger partial charge in [0.15, 0.2) is 0 Å². The van der Waals surface area contributed by atoms with Crippen LogP contribution in [0, 0.1) is 0 Å². The number of alkyl halides is 15. The fraction of sp³-hybridized carbons (Fsp3) is 0.875. The highest BCUT2D eigenvalue weighted by atomic mass is 19.4. The van der Waals surface area contributed by atoms with Crippen molar-refractivity contribution < 1.29 is 80.5 Å². The number of rotatable bonds is 5. The van der Waals surface area contributed by atoms with Crippen LogP contribution in [-0.4, -0.2) is 53.2 Å². The molecule has 0 saturated heterocycles. The van der Waals surface area contributed by atoms with Crippen molar-refractivity contribution in [3.63, 3.8) is 0 Å². The quantitative estimate of drug-likeness (QED) is 0.659. The molecule has 0 aliphatic heterocycles. The van der Waals surface area contributed by atoms with Crippen molar-refractivity contribution >= 4 is 5.97 Å². The van der Waals surface area contributed by atoms with Crippen LogP contribution in [-0.2, 0) is 9.53 Å². The fourth-order valence-electron chi connectivity index (χ4n) is 1.18. The number of carboxylic acid groups (broad SMARTS) is 1. The molecule has 0 aromatic rings. The number of hydrogen-bond donors (Lipinski definition) is 1. The summed E-state index contributed by atoms with van der Waals surface area (Å²) in [4.78, 5) is 10.2. The summed E-state index contributed by atoms with van der Waals surface area (Å²) in [6.45, 7) is 0. The molecule has 0 unspecified atom stereocenters. The van der Waals surface area contributed by atoms with Gasteiger partial charge in [-0.25, -0.2) is 4.79 Å². The van der Waals surface area contributed by atoms with Gasteiger partial charge < -0.3 is 5.11 Å². The van der Waals surface area contributed by atoms with E-state index in [0.717, 1.165) is 0 Å². The summed E-state index contributed by atoms with van der Waals surface area (Å²) < 4.78 is 187. The summed E-state index contributed by atoms with van der Waals surface area (Å²) in [6, 6.07) is 0. The highest BCUT2D eigenvalue weighted by molar-refractivity contribution is 5.80. The molecule has 0 aromatic carbocycles. The Morgan fingerprint density at radius 2 is 0.885 bits per heavy atom. The van der Waals surface area contributed by atoms with Crippen LogP contribution in [0.25, 0.3) is 0 Å². The zero-order valence-electron chi connectivity index (χ0n) is 10.9. The molecule has 0 rings (SSSR count). The van der Waals surface area contributed by atoms with Crippen LogP contribution in [0.15, 0.2) is 0 Å². The number of ether oxygens (including phenoxy) is 1. The summed E-state index contributed by atoms with van der Waals surface area (Å²) >= 11 is 0. The molecule has 0 amide bonds. The molecule has 0 saturated carbocycles. The molecule has 0 fully saturated rings. The molecule has 156 valence electrons. The van der Waals surface area contributed by atoms with Crippen molar-refractivity contribution in [3.8, 4) is 0 Å². The Kier molecular flexibility index (Phi) is 5.58. The van der Waals surface area contributed by atoms with Crippen LogP contribution in [0.3, 0.4) is 0 Å². The molecule has 0 heterocycles.